The van der Waals surface area contributed by atoms with Crippen molar-refractivity contribution >= 4 is 28.5 Å². The average molecular weight is 393 g/mol. The summed E-state index contributed by atoms with van der Waals surface area (Å²) in [4.78, 5) is 29.6. The first kappa shape index (κ1) is 20.5. The number of para-hydroxylation sites is 1. The Bertz CT molecular complexity index is 959. The standard InChI is InChI=1S/C23H27N3O3/c1-3-26(4-2)19-11-9-17(10-12-19)23(28)29-16-22(27)24-14-13-18-15-25-21-8-6-5-7-20(18)21/h5-12,15,25H,3-4,13-14,16H2,1-2H3,(H,24,27). The summed E-state index contributed by atoms with van der Waals surface area (Å²) >= 11 is 0. The van der Waals surface area contributed by atoms with Gasteiger partial charge in [0.25, 0.3) is 5.91 Å². The third-order valence-electron chi connectivity index (χ3n) is 4.96. The number of hydrogen-bond acceptors (Lipinski definition) is 4. The van der Waals surface area contributed by atoms with E-state index < -0.39 is 5.97 Å². The van der Waals surface area contributed by atoms with Gasteiger partial charge in [0.1, 0.15) is 0 Å². The number of carbonyl (C=O) groups excluding carboxylic acids is 2. The fourth-order valence-electron chi connectivity index (χ4n) is 3.34. The fourth-order valence-corrected chi connectivity index (χ4v) is 3.34. The number of aromatic amines is 1. The van der Waals surface area contributed by atoms with Gasteiger partial charge in [-0.05, 0) is 56.2 Å². The van der Waals surface area contributed by atoms with Gasteiger partial charge in [0.15, 0.2) is 6.61 Å². The van der Waals surface area contributed by atoms with Crippen LogP contribution in [0.1, 0.15) is 29.8 Å². The van der Waals surface area contributed by atoms with E-state index in [0.717, 1.165) is 35.2 Å². The summed E-state index contributed by atoms with van der Waals surface area (Å²) in [6.07, 6.45) is 2.66. The van der Waals surface area contributed by atoms with Crippen LogP contribution in [0.4, 0.5) is 5.69 Å². The third-order valence-corrected chi connectivity index (χ3v) is 4.96. The lowest BCUT2D eigenvalue weighted by atomic mass is 10.1. The number of esters is 1. The van der Waals surface area contributed by atoms with Crippen molar-refractivity contribution in [3.63, 3.8) is 0 Å². The SMILES string of the molecule is CCN(CC)c1ccc(C(=O)OCC(=O)NCCc2c[nH]c3ccccc23)cc1. The number of rotatable bonds is 9. The summed E-state index contributed by atoms with van der Waals surface area (Å²) < 4.78 is 5.13. The van der Waals surface area contributed by atoms with Crippen LogP contribution in [0.25, 0.3) is 10.9 Å². The smallest absolute Gasteiger partial charge is 0.338 e. The Kier molecular flexibility index (Phi) is 6.89. The molecule has 0 aliphatic heterocycles. The fraction of sp³-hybridized carbons (Fsp3) is 0.304. The van der Waals surface area contributed by atoms with E-state index in [4.69, 9.17) is 4.74 Å². The summed E-state index contributed by atoms with van der Waals surface area (Å²) in [7, 11) is 0. The maximum absolute atomic E-state index is 12.2. The zero-order valence-electron chi connectivity index (χ0n) is 16.9. The summed E-state index contributed by atoms with van der Waals surface area (Å²) in [5, 5.41) is 3.95. The molecule has 0 unspecified atom stereocenters. The molecule has 2 N–H and O–H groups in total. The number of benzene rings is 2. The van der Waals surface area contributed by atoms with Crippen molar-refractivity contribution in [1.29, 1.82) is 0 Å². The van der Waals surface area contributed by atoms with Crippen molar-refractivity contribution in [3.05, 3.63) is 65.9 Å². The van der Waals surface area contributed by atoms with E-state index in [-0.39, 0.29) is 12.5 Å². The van der Waals surface area contributed by atoms with Crippen molar-refractivity contribution in [1.82, 2.24) is 10.3 Å². The lowest BCUT2D eigenvalue weighted by Crippen LogP contribution is -2.30. The lowest BCUT2D eigenvalue weighted by molar-refractivity contribution is -0.124. The number of amides is 1. The summed E-state index contributed by atoms with van der Waals surface area (Å²) in [6.45, 7) is 6.17. The predicted molar refractivity (Wildman–Crippen MR) is 115 cm³/mol. The van der Waals surface area contributed by atoms with Gasteiger partial charge in [-0.3, -0.25) is 4.79 Å². The van der Waals surface area contributed by atoms with Crippen LogP contribution < -0.4 is 10.2 Å². The van der Waals surface area contributed by atoms with Crippen molar-refractivity contribution < 1.29 is 14.3 Å². The third kappa shape index (κ3) is 5.16. The van der Waals surface area contributed by atoms with Crippen LogP contribution in [0.3, 0.4) is 0 Å². The quantitative estimate of drug-likeness (QED) is 0.546. The molecule has 3 aromatic rings. The highest BCUT2D eigenvalue weighted by Crippen LogP contribution is 2.18. The highest BCUT2D eigenvalue weighted by molar-refractivity contribution is 5.91. The number of aromatic nitrogens is 1. The van der Waals surface area contributed by atoms with Gasteiger partial charge < -0.3 is 19.9 Å². The van der Waals surface area contributed by atoms with E-state index >= 15 is 0 Å². The van der Waals surface area contributed by atoms with E-state index in [9.17, 15) is 9.59 Å². The van der Waals surface area contributed by atoms with Crippen LogP contribution in [0.15, 0.2) is 54.7 Å². The molecule has 1 amide bonds. The Labute approximate surface area is 170 Å². The minimum absolute atomic E-state index is 0.287. The van der Waals surface area contributed by atoms with Gasteiger partial charge >= 0.3 is 5.97 Å². The molecule has 29 heavy (non-hydrogen) atoms. The molecule has 6 nitrogen and oxygen atoms in total. The van der Waals surface area contributed by atoms with Crippen LogP contribution in [0.2, 0.25) is 0 Å². The molecule has 0 radical (unpaired) electrons. The second-order valence-corrected chi connectivity index (χ2v) is 6.75. The summed E-state index contributed by atoms with van der Waals surface area (Å²) in [5.41, 5.74) is 3.72. The predicted octanol–water partition coefficient (Wildman–Crippen LogP) is 3.53. The molecule has 0 saturated heterocycles. The number of anilines is 1. The zero-order chi connectivity index (χ0) is 20.6. The van der Waals surface area contributed by atoms with Gasteiger partial charge in [-0.15, -0.1) is 0 Å². The maximum Gasteiger partial charge on any atom is 0.338 e. The van der Waals surface area contributed by atoms with Gasteiger partial charge in [0.2, 0.25) is 0 Å². The largest absolute Gasteiger partial charge is 0.452 e. The molecule has 0 bridgehead atoms. The van der Waals surface area contributed by atoms with Gasteiger partial charge in [-0.1, -0.05) is 18.2 Å². The van der Waals surface area contributed by atoms with Gasteiger partial charge in [0, 0.05) is 42.4 Å². The first-order valence-electron chi connectivity index (χ1n) is 9.96. The highest BCUT2D eigenvalue weighted by atomic mass is 16.5. The van der Waals surface area contributed by atoms with E-state index in [1.165, 1.54) is 0 Å². The molecule has 0 aliphatic rings. The Balaban J connectivity index is 1.43. The highest BCUT2D eigenvalue weighted by Gasteiger charge is 2.11. The lowest BCUT2D eigenvalue weighted by Gasteiger charge is -2.20. The van der Waals surface area contributed by atoms with Crippen molar-refractivity contribution in [2.45, 2.75) is 20.3 Å². The number of nitrogens with one attached hydrogen (secondary N) is 2. The van der Waals surface area contributed by atoms with Crippen LogP contribution >= 0.6 is 0 Å². The molecular weight excluding hydrogens is 366 g/mol. The molecule has 0 spiro atoms. The van der Waals surface area contributed by atoms with Crippen LogP contribution in [0, 0.1) is 0 Å². The van der Waals surface area contributed by atoms with E-state index in [2.05, 4.69) is 35.1 Å². The van der Waals surface area contributed by atoms with E-state index in [1.54, 1.807) is 12.1 Å². The molecule has 6 heteroatoms. The Morgan fingerprint density at radius 1 is 1.03 bits per heavy atom. The minimum Gasteiger partial charge on any atom is -0.452 e. The minimum atomic E-state index is -0.497. The second-order valence-electron chi connectivity index (χ2n) is 6.75. The van der Waals surface area contributed by atoms with Gasteiger partial charge in [-0.2, -0.15) is 0 Å². The second kappa shape index (κ2) is 9.78. The summed E-state index contributed by atoms with van der Waals surface area (Å²) in [5.74, 6) is -0.805. The van der Waals surface area contributed by atoms with Crippen LogP contribution in [0.5, 0.6) is 0 Å². The zero-order valence-corrected chi connectivity index (χ0v) is 16.9. The van der Waals surface area contributed by atoms with Gasteiger partial charge in [-0.25, -0.2) is 4.79 Å². The van der Waals surface area contributed by atoms with E-state index in [1.807, 2.05) is 36.5 Å². The van der Waals surface area contributed by atoms with Crippen molar-refractivity contribution in [3.8, 4) is 0 Å². The number of ether oxygens (including phenoxy) is 1. The number of H-pyrrole nitrogens is 1. The molecule has 0 atom stereocenters. The van der Waals surface area contributed by atoms with Gasteiger partial charge in [0.05, 0.1) is 5.56 Å². The molecule has 0 fully saturated rings. The maximum atomic E-state index is 12.2. The average Bonchev–Trinajstić information content (AvgIpc) is 3.16. The topological polar surface area (TPSA) is 74.4 Å². The molecule has 0 aliphatic carbocycles. The first-order chi connectivity index (χ1) is 14.1. The number of carbonyl (C=O) groups is 2. The molecule has 152 valence electrons. The Morgan fingerprint density at radius 3 is 2.48 bits per heavy atom. The van der Waals surface area contributed by atoms with Crippen molar-refractivity contribution in [2.24, 2.45) is 0 Å². The van der Waals surface area contributed by atoms with E-state index in [0.29, 0.717) is 18.5 Å². The van der Waals surface area contributed by atoms with Crippen molar-refractivity contribution in [2.75, 3.05) is 31.1 Å². The molecule has 1 aromatic heterocycles. The number of fused-ring (bicyclic) bond motifs is 1. The van der Waals surface area contributed by atoms with Crippen LogP contribution in [-0.4, -0.2) is 43.1 Å². The number of nitrogens with zero attached hydrogens (tertiary/aromatic N) is 1. The first-order valence-corrected chi connectivity index (χ1v) is 9.96. The molecule has 3 rings (SSSR count). The Morgan fingerprint density at radius 2 is 1.76 bits per heavy atom. The molecular formula is C23H27N3O3. The number of hydrogen-bond donors (Lipinski definition) is 2. The normalized spacial score (nSPS) is 10.7. The van der Waals surface area contributed by atoms with Crippen LogP contribution in [-0.2, 0) is 16.0 Å². The molecule has 1 heterocycles. The Hall–Kier alpha value is -3.28. The summed E-state index contributed by atoms with van der Waals surface area (Å²) in [6, 6.07) is 15.3. The monoisotopic (exact) mass is 393 g/mol. The molecule has 0 saturated carbocycles. The molecule has 2 aromatic carbocycles.